The van der Waals surface area contributed by atoms with Crippen LogP contribution in [0.3, 0.4) is 0 Å². The topological polar surface area (TPSA) is 28.4 Å². The predicted octanol–water partition coefficient (Wildman–Crippen LogP) is 3.01. The van der Waals surface area contributed by atoms with Crippen LogP contribution >= 0.6 is 0 Å². The Balaban J connectivity index is 1.48. The van der Waals surface area contributed by atoms with Gasteiger partial charge in [-0.3, -0.25) is 4.90 Å². The monoisotopic (exact) mass is 262 g/mol. The van der Waals surface area contributed by atoms with E-state index in [2.05, 4.69) is 30.1 Å². The maximum Gasteiger partial charge on any atom is 0.118 e. The minimum Gasteiger partial charge on any atom is -0.468 e. The van der Waals surface area contributed by atoms with Crippen LogP contribution in [0, 0.1) is 11.8 Å². The molecule has 1 saturated heterocycles. The van der Waals surface area contributed by atoms with Crippen molar-refractivity contribution in [2.75, 3.05) is 13.1 Å². The molecule has 1 aliphatic heterocycles. The first-order valence-corrected chi connectivity index (χ1v) is 7.71. The molecule has 3 nitrogen and oxygen atoms in total. The number of likely N-dealkylation sites (tertiary alicyclic amines) is 1. The fourth-order valence-electron chi connectivity index (χ4n) is 3.53. The van der Waals surface area contributed by atoms with Gasteiger partial charge in [0, 0.05) is 24.7 Å². The summed E-state index contributed by atoms with van der Waals surface area (Å²) in [7, 11) is 0. The number of fused-ring (bicyclic) bond motifs is 2. The van der Waals surface area contributed by atoms with Crippen molar-refractivity contribution in [3.8, 4) is 0 Å². The first-order valence-electron chi connectivity index (χ1n) is 7.71. The second-order valence-corrected chi connectivity index (χ2v) is 6.71. The summed E-state index contributed by atoms with van der Waals surface area (Å²) in [6.45, 7) is 8.74. The summed E-state index contributed by atoms with van der Waals surface area (Å²) in [6.07, 6.45) is 6.18. The third-order valence-electron chi connectivity index (χ3n) is 4.47. The Morgan fingerprint density at radius 3 is 3.00 bits per heavy atom. The van der Waals surface area contributed by atoms with Gasteiger partial charge in [-0.1, -0.05) is 13.8 Å². The lowest BCUT2D eigenvalue weighted by Crippen LogP contribution is -2.31. The number of hydrogen-bond donors (Lipinski definition) is 1. The van der Waals surface area contributed by atoms with E-state index in [-0.39, 0.29) is 0 Å². The Morgan fingerprint density at radius 1 is 1.42 bits per heavy atom. The zero-order valence-electron chi connectivity index (χ0n) is 12.2. The SMILES string of the molecule is CC(C)CNCc1coc(CN2CC3CCC2C3)c1. The van der Waals surface area contributed by atoms with Crippen molar-refractivity contribution in [2.24, 2.45) is 11.8 Å². The number of furan rings is 1. The van der Waals surface area contributed by atoms with Crippen molar-refractivity contribution in [1.82, 2.24) is 10.2 Å². The van der Waals surface area contributed by atoms with Crippen molar-refractivity contribution < 1.29 is 4.42 Å². The quantitative estimate of drug-likeness (QED) is 0.854. The van der Waals surface area contributed by atoms with E-state index in [1.807, 2.05) is 6.26 Å². The molecular formula is C16H26N2O. The smallest absolute Gasteiger partial charge is 0.118 e. The maximum atomic E-state index is 5.71. The molecule has 2 fully saturated rings. The molecule has 0 radical (unpaired) electrons. The Kier molecular flexibility index (Phi) is 3.94. The molecule has 3 rings (SSSR count). The molecule has 2 unspecified atom stereocenters. The Bertz CT molecular complexity index is 413. The highest BCUT2D eigenvalue weighted by molar-refractivity contribution is 5.13. The van der Waals surface area contributed by atoms with Gasteiger partial charge in [0.15, 0.2) is 0 Å². The average molecular weight is 262 g/mol. The minimum absolute atomic E-state index is 0.700. The molecule has 106 valence electrons. The van der Waals surface area contributed by atoms with E-state index in [1.165, 1.54) is 31.4 Å². The number of nitrogens with one attached hydrogen (secondary N) is 1. The van der Waals surface area contributed by atoms with Crippen molar-refractivity contribution in [2.45, 2.75) is 52.2 Å². The second-order valence-electron chi connectivity index (χ2n) is 6.71. The lowest BCUT2D eigenvalue weighted by atomic mass is 10.1. The standard InChI is InChI=1S/C16H26N2O/c1-12(2)7-17-8-14-6-16(19-11-14)10-18-9-13-3-4-15(18)5-13/h6,11-13,15,17H,3-5,7-10H2,1-2H3. The molecule has 1 aromatic heterocycles. The van der Waals surface area contributed by atoms with Crippen LogP contribution in [-0.4, -0.2) is 24.0 Å². The molecule has 19 heavy (non-hydrogen) atoms. The van der Waals surface area contributed by atoms with Crippen molar-refractivity contribution in [3.05, 3.63) is 23.7 Å². The number of rotatable bonds is 6. The van der Waals surface area contributed by atoms with Gasteiger partial charge in [0.05, 0.1) is 12.8 Å². The minimum atomic E-state index is 0.700. The molecule has 3 heteroatoms. The molecule has 1 N–H and O–H groups in total. The van der Waals surface area contributed by atoms with E-state index >= 15 is 0 Å². The summed E-state index contributed by atoms with van der Waals surface area (Å²) in [5.41, 5.74) is 1.28. The van der Waals surface area contributed by atoms with Crippen LogP contribution in [-0.2, 0) is 13.1 Å². The van der Waals surface area contributed by atoms with Crippen LogP contribution in [0.1, 0.15) is 44.4 Å². The summed E-state index contributed by atoms with van der Waals surface area (Å²) in [6, 6.07) is 3.05. The number of hydrogen-bond acceptors (Lipinski definition) is 3. The van der Waals surface area contributed by atoms with Crippen LogP contribution in [0.25, 0.3) is 0 Å². The first kappa shape index (κ1) is 13.2. The van der Waals surface area contributed by atoms with Crippen LogP contribution in [0.5, 0.6) is 0 Å². The molecule has 0 aromatic carbocycles. The average Bonchev–Trinajstić information content (AvgIpc) is 3.05. The van der Waals surface area contributed by atoms with Crippen LogP contribution in [0.15, 0.2) is 16.7 Å². The molecule has 2 aliphatic rings. The molecule has 1 aromatic rings. The van der Waals surface area contributed by atoms with Gasteiger partial charge < -0.3 is 9.73 Å². The fourth-order valence-corrected chi connectivity index (χ4v) is 3.53. The highest BCUT2D eigenvalue weighted by Crippen LogP contribution is 2.38. The van der Waals surface area contributed by atoms with Gasteiger partial charge in [-0.15, -0.1) is 0 Å². The largest absolute Gasteiger partial charge is 0.468 e. The molecule has 1 saturated carbocycles. The van der Waals surface area contributed by atoms with E-state index in [0.29, 0.717) is 5.92 Å². The van der Waals surface area contributed by atoms with Crippen molar-refractivity contribution >= 4 is 0 Å². The lowest BCUT2D eigenvalue weighted by Gasteiger charge is -2.25. The lowest BCUT2D eigenvalue weighted by molar-refractivity contribution is 0.190. The van der Waals surface area contributed by atoms with Gasteiger partial charge >= 0.3 is 0 Å². The Labute approximate surface area is 116 Å². The van der Waals surface area contributed by atoms with Gasteiger partial charge in [0.25, 0.3) is 0 Å². The van der Waals surface area contributed by atoms with E-state index in [4.69, 9.17) is 4.42 Å². The van der Waals surface area contributed by atoms with E-state index in [0.717, 1.165) is 37.4 Å². The number of piperidine rings is 1. The van der Waals surface area contributed by atoms with Crippen LogP contribution in [0.4, 0.5) is 0 Å². The van der Waals surface area contributed by atoms with Crippen molar-refractivity contribution in [3.63, 3.8) is 0 Å². The molecule has 2 bridgehead atoms. The number of nitrogens with zero attached hydrogens (tertiary/aromatic N) is 1. The summed E-state index contributed by atoms with van der Waals surface area (Å²) < 4.78 is 5.71. The zero-order valence-corrected chi connectivity index (χ0v) is 12.2. The molecule has 0 spiro atoms. The highest BCUT2D eigenvalue weighted by atomic mass is 16.3. The van der Waals surface area contributed by atoms with E-state index < -0.39 is 0 Å². The molecule has 2 heterocycles. The van der Waals surface area contributed by atoms with Crippen LogP contribution in [0.2, 0.25) is 0 Å². The Hall–Kier alpha value is -0.800. The van der Waals surface area contributed by atoms with E-state index in [1.54, 1.807) is 0 Å². The van der Waals surface area contributed by atoms with Crippen molar-refractivity contribution in [1.29, 1.82) is 0 Å². The summed E-state index contributed by atoms with van der Waals surface area (Å²) in [5, 5.41) is 3.46. The predicted molar refractivity (Wildman–Crippen MR) is 76.8 cm³/mol. The first-order chi connectivity index (χ1) is 9.20. The van der Waals surface area contributed by atoms with Crippen LogP contribution < -0.4 is 5.32 Å². The molecule has 1 aliphatic carbocycles. The molecular weight excluding hydrogens is 236 g/mol. The van der Waals surface area contributed by atoms with Gasteiger partial charge in [-0.05, 0) is 43.7 Å². The highest BCUT2D eigenvalue weighted by Gasteiger charge is 2.37. The molecule has 2 atom stereocenters. The van der Waals surface area contributed by atoms with Gasteiger partial charge in [0.1, 0.15) is 5.76 Å². The molecule has 0 amide bonds. The zero-order chi connectivity index (χ0) is 13.2. The third-order valence-corrected chi connectivity index (χ3v) is 4.47. The van der Waals surface area contributed by atoms with Gasteiger partial charge in [-0.25, -0.2) is 0 Å². The normalized spacial score (nSPS) is 26.7. The second kappa shape index (κ2) is 5.68. The summed E-state index contributed by atoms with van der Waals surface area (Å²) in [5.74, 6) is 2.80. The van der Waals surface area contributed by atoms with Gasteiger partial charge in [-0.2, -0.15) is 0 Å². The Morgan fingerprint density at radius 2 is 2.32 bits per heavy atom. The van der Waals surface area contributed by atoms with E-state index in [9.17, 15) is 0 Å². The maximum absolute atomic E-state index is 5.71. The van der Waals surface area contributed by atoms with Gasteiger partial charge in [0.2, 0.25) is 0 Å². The fraction of sp³-hybridized carbons (Fsp3) is 0.750. The summed E-state index contributed by atoms with van der Waals surface area (Å²) in [4.78, 5) is 2.61. The summed E-state index contributed by atoms with van der Waals surface area (Å²) >= 11 is 0. The third kappa shape index (κ3) is 3.21.